The Balaban J connectivity index is 2.08. The number of nitrogens with one attached hydrogen (secondary N) is 1. The monoisotopic (exact) mass is 252 g/mol. The Bertz CT molecular complexity index is 525. The Hall–Kier alpha value is -1.06. The molecule has 1 aromatic heterocycles. The van der Waals surface area contributed by atoms with Crippen LogP contribution in [0.5, 0.6) is 0 Å². The van der Waals surface area contributed by atoms with E-state index in [-0.39, 0.29) is 0 Å². The fourth-order valence-corrected chi connectivity index (χ4v) is 2.07. The lowest BCUT2D eigenvalue weighted by molar-refractivity contribution is 0.669. The third kappa shape index (κ3) is 2.54. The average Bonchev–Trinajstić information content (AvgIpc) is 2.59. The van der Waals surface area contributed by atoms with Crippen LogP contribution in [0.2, 0.25) is 5.02 Å². The SMILES string of the molecule is Cc1c[nH]c(=S)n1CCc1ccc(Cl)cc1. The first-order valence-electron chi connectivity index (χ1n) is 5.16. The Kier molecular flexibility index (Phi) is 3.46. The van der Waals surface area contributed by atoms with Gasteiger partial charge in [0.05, 0.1) is 0 Å². The largest absolute Gasteiger partial charge is 0.337 e. The molecular weight excluding hydrogens is 240 g/mol. The number of imidazole rings is 1. The molecule has 0 atom stereocenters. The van der Waals surface area contributed by atoms with Gasteiger partial charge in [-0.15, -0.1) is 0 Å². The predicted octanol–water partition coefficient (Wildman–Crippen LogP) is 3.75. The number of hydrogen-bond acceptors (Lipinski definition) is 1. The highest BCUT2D eigenvalue weighted by Gasteiger charge is 1.99. The minimum Gasteiger partial charge on any atom is -0.337 e. The first kappa shape index (κ1) is 11.4. The maximum absolute atomic E-state index is 5.83. The second kappa shape index (κ2) is 4.85. The summed E-state index contributed by atoms with van der Waals surface area (Å²) >= 11 is 11.0. The lowest BCUT2D eigenvalue weighted by atomic mass is 10.1. The van der Waals surface area contributed by atoms with Crippen LogP contribution in [0.15, 0.2) is 30.5 Å². The van der Waals surface area contributed by atoms with Crippen molar-refractivity contribution >= 4 is 23.8 Å². The van der Waals surface area contributed by atoms with E-state index in [4.69, 9.17) is 23.8 Å². The summed E-state index contributed by atoms with van der Waals surface area (Å²) in [6.07, 6.45) is 2.90. The summed E-state index contributed by atoms with van der Waals surface area (Å²) in [5, 5.41) is 0.776. The van der Waals surface area contributed by atoms with Crippen LogP contribution in [-0.4, -0.2) is 9.55 Å². The fraction of sp³-hybridized carbons (Fsp3) is 0.250. The number of nitrogens with zero attached hydrogens (tertiary/aromatic N) is 1. The zero-order valence-electron chi connectivity index (χ0n) is 9.03. The van der Waals surface area contributed by atoms with Crippen LogP contribution in [0.25, 0.3) is 0 Å². The number of hydrogen-bond donors (Lipinski definition) is 1. The van der Waals surface area contributed by atoms with Crippen LogP contribution in [-0.2, 0) is 13.0 Å². The maximum Gasteiger partial charge on any atom is 0.177 e. The van der Waals surface area contributed by atoms with Crippen LogP contribution in [0.4, 0.5) is 0 Å². The van der Waals surface area contributed by atoms with Crippen molar-refractivity contribution in [3.63, 3.8) is 0 Å². The Morgan fingerprint density at radius 2 is 2.00 bits per heavy atom. The molecule has 2 rings (SSSR count). The van der Waals surface area contributed by atoms with Gasteiger partial charge < -0.3 is 9.55 Å². The normalized spacial score (nSPS) is 10.6. The summed E-state index contributed by atoms with van der Waals surface area (Å²) in [7, 11) is 0. The molecule has 0 saturated heterocycles. The van der Waals surface area contributed by atoms with Crippen LogP contribution < -0.4 is 0 Å². The molecule has 0 radical (unpaired) electrons. The van der Waals surface area contributed by atoms with E-state index in [0.29, 0.717) is 0 Å². The summed E-state index contributed by atoms with van der Waals surface area (Å²) in [5.74, 6) is 0. The minimum atomic E-state index is 0.776. The van der Waals surface area contributed by atoms with Crippen molar-refractivity contribution in [2.45, 2.75) is 19.9 Å². The Morgan fingerprint density at radius 1 is 1.31 bits per heavy atom. The maximum atomic E-state index is 5.83. The summed E-state index contributed by atoms with van der Waals surface area (Å²) in [6.45, 7) is 2.95. The molecule has 0 spiro atoms. The number of H-pyrrole nitrogens is 1. The molecule has 1 aromatic carbocycles. The van der Waals surface area contributed by atoms with Crippen LogP contribution >= 0.6 is 23.8 Å². The summed E-state index contributed by atoms with van der Waals surface area (Å²) < 4.78 is 2.88. The predicted molar refractivity (Wildman–Crippen MR) is 69.5 cm³/mol. The summed E-state index contributed by atoms with van der Waals surface area (Å²) in [4.78, 5) is 3.04. The zero-order valence-corrected chi connectivity index (χ0v) is 10.6. The van der Waals surface area contributed by atoms with Crippen molar-refractivity contribution in [1.29, 1.82) is 0 Å². The van der Waals surface area contributed by atoms with Crippen molar-refractivity contribution in [2.24, 2.45) is 0 Å². The zero-order chi connectivity index (χ0) is 11.5. The van der Waals surface area contributed by atoms with Crippen LogP contribution in [0.1, 0.15) is 11.3 Å². The smallest absolute Gasteiger partial charge is 0.177 e. The van der Waals surface area contributed by atoms with Crippen molar-refractivity contribution in [1.82, 2.24) is 9.55 Å². The highest BCUT2D eigenvalue weighted by atomic mass is 35.5. The van der Waals surface area contributed by atoms with E-state index in [1.165, 1.54) is 11.3 Å². The number of aryl methyl sites for hydroxylation is 2. The molecule has 0 saturated carbocycles. The molecule has 0 aliphatic rings. The number of halogens is 1. The lowest BCUT2D eigenvalue weighted by Gasteiger charge is -2.05. The van der Waals surface area contributed by atoms with Crippen molar-refractivity contribution in [2.75, 3.05) is 0 Å². The number of aromatic amines is 1. The molecule has 0 aliphatic heterocycles. The first-order valence-corrected chi connectivity index (χ1v) is 5.95. The van der Waals surface area contributed by atoms with E-state index in [1.54, 1.807) is 0 Å². The van der Waals surface area contributed by atoms with E-state index in [0.717, 1.165) is 22.8 Å². The Morgan fingerprint density at radius 3 is 2.56 bits per heavy atom. The van der Waals surface area contributed by atoms with Gasteiger partial charge in [0.25, 0.3) is 0 Å². The van der Waals surface area contributed by atoms with Gasteiger partial charge in [0, 0.05) is 23.5 Å². The van der Waals surface area contributed by atoms with Gasteiger partial charge >= 0.3 is 0 Å². The first-order chi connectivity index (χ1) is 7.66. The van der Waals surface area contributed by atoms with E-state index in [1.807, 2.05) is 37.4 Å². The molecule has 84 valence electrons. The highest BCUT2D eigenvalue weighted by molar-refractivity contribution is 7.71. The third-order valence-electron chi connectivity index (χ3n) is 2.61. The molecule has 1 N–H and O–H groups in total. The highest BCUT2D eigenvalue weighted by Crippen LogP contribution is 2.11. The van der Waals surface area contributed by atoms with Gasteiger partial charge in [0.2, 0.25) is 0 Å². The average molecular weight is 253 g/mol. The molecule has 16 heavy (non-hydrogen) atoms. The molecule has 0 unspecified atom stereocenters. The van der Waals surface area contributed by atoms with Crippen LogP contribution in [0.3, 0.4) is 0 Å². The number of rotatable bonds is 3. The Labute approximate surface area is 105 Å². The molecule has 0 amide bonds. The van der Waals surface area contributed by atoms with Crippen molar-refractivity contribution in [3.05, 3.63) is 51.5 Å². The molecule has 0 aliphatic carbocycles. The van der Waals surface area contributed by atoms with Gasteiger partial charge in [-0.1, -0.05) is 23.7 Å². The molecule has 0 fully saturated rings. The van der Waals surface area contributed by atoms with Gasteiger partial charge in [-0.3, -0.25) is 0 Å². The quantitative estimate of drug-likeness (QED) is 0.826. The second-order valence-electron chi connectivity index (χ2n) is 3.76. The van der Waals surface area contributed by atoms with E-state index in [2.05, 4.69) is 9.55 Å². The molecule has 4 heteroatoms. The standard InChI is InChI=1S/C12H13ClN2S/c1-9-8-14-12(16)15(9)7-6-10-2-4-11(13)5-3-10/h2-5,8H,6-7H2,1H3,(H,14,16). The van der Waals surface area contributed by atoms with Gasteiger partial charge in [-0.25, -0.2) is 0 Å². The summed E-state index contributed by atoms with van der Waals surface area (Å²) in [6, 6.07) is 7.93. The van der Waals surface area contributed by atoms with Crippen molar-refractivity contribution in [3.8, 4) is 0 Å². The molecule has 2 nitrogen and oxygen atoms in total. The van der Waals surface area contributed by atoms with Gasteiger partial charge in [-0.05, 0) is 43.3 Å². The number of benzene rings is 1. The van der Waals surface area contributed by atoms with E-state index < -0.39 is 0 Å². The van der Waals surface area contributed by atoms with E-state index >= 15 is 0 Å². The second-order valence-corrected chi connectivity index (χ2v) is 4.59. The van der Waals surface area contributed by atoms with Gasteiger partial charge in [0.15, 0.2) is 4.77 Å². The topological polar surface area (TPSA) is 20.7 Å². The fourth-order valence-electron chi connectivity index (χ4n) is 1.65. The third-order valence-corrected chi connectivity index (χ3v) is 3.20. The van der Waals surface area contributed by atoms with Crippen molar-refractivity contribution < 1.29 is 0 Å². The number of aromatic nitrogens is 2. The molecule has 1 heterocycles. The van der Waals surface area contributed by atoms with Gasteiger partial charge in [-0.2, -0.15) is 0 Å². The minimum absolute atomic E-state index is 0.776. The van der Waals surface area contributed by atoms with Gasteiger partial charge in [0.1, 0.15) is 0 Å². The molecule has 2 aromatic rings. The van der Waals surface area contributed by atoms with E-state index in [9.17, 15) is 0 Å². The summed E-state index contributed by atoms with van der Waals surface area (Å²) in [5.41, 5.74) is 2.44. The molecule has 0 bridgehead atoms. The van der Waals surface area contributed by atoms with Crippen LogP contribution in [0, 0.1) is 11.7 Å². The lowest BCUT2D eigenvalue weighted by Crippen LogP contribution is -2.03. The molecular formula is C12H13ClN2S.